The molecule has 6 heteroatoms. The third-order valence-electron chi connectivity index (χ3n) is 4.37. The number of hydrogen-bond acceptors (Lipinski definition) is 5. The zero-order valence-electron chi connectivity index (χ0n) is 13.1. The smallest absolute Gasteiger partial charge is 0.268 e. The van der Waals surface area contributed by atoms with E-state index in [1.807, 2.05) is 44.2 Å². The number of benzene rings is 1. The predicted octanol–water partition coefficient (Wildman–Crippen LogP) is 2.99. The highest BCUT2D eigenvalue weighted by atomic mass is 16.5. The van der Waals surface area contributed by atoms with Gasteiger partial charge < -0.3 is 4.74 Å². The number of ether oxygens (including phenoxy) is 1. The quantitative estimate of drug-likeness (QED) is 0.860. The SMILES string of the molecule is Cc1ncc(OC[C@@]2(c3ccccc3)C[C@H]2C(=O)N=N)c(C)n1. The van der Waals surface area contributed by atoms with Gasteiger partial charge in [-0.25, -0.2) is 15.5 Å². The van der Waals surface area contributed by atoms with Crippen LogP contribution >= 0.6 is 0 Å². The van der Waals surface area contributed by atoms with Crippen molar-refractivity contribution in [3.63, 3.8) is 0 Å². The lowest BCUT2D eigenvalue weighted by Gasteiger charge is -2.18. The summed E-state index contributed by atoms with van der Waals surface area (Å²) in [6.45, 7) is 4.04. The minimum Gasteiger partial charge on any atom is -0.489 e. The molecule has 1 aromatic carbocycles. The van der Waals surface area contributed by atoms with Gasteiger partial charge in [0.1, 0.15) is 5.82 Å². The van der Waals surface area contributed by atoms with E-state index >= 15 is 0 Å². The Labute approximate surface area is 134 Å². The summed E-state index contributed by atoms with van der Waals surface area (Å²) >= 11 is 0. The number of carbonyl (C=O) groups excluding carboxylic acids is 1. The Kier molecular flexibility index (Phi) is 3.90. The Morgan fingerprint density at radius 1 is 1.39 bits per heavy atom. The second-order valence-corrected chi connectivity index (χ2v) is 5.88. The van der Waals surface area contributed by atoms with Crippen LogP contribution in [-0.4, -0.2) is 22.5 Å². The molecule has 23 heavy (non-hydrogen) atoms. The fraction of sp³-hybridized carbons (Fsp3) is 0.353. The Morgan fingerprint density at radius 2 is 2.13 bits per heavy atom. The highest BCUT2D eigenvalue weighted by Crippen LogP contribution is 2.55. The molecule has 1 aliphatic carbocycles. The first-order valence-electron chi connectivity index (χ1n) is 7.47. The van der Waals surface area contributed by atoms with Crippen molar-refractivity contribution < 1.29 is 9.53 Å². The molecule has 0 unspecified atom stereocenters. The average Bonchev–Trinajstić information content (AvgIpc) is 3.30. The van der Waals surface area contributed by atoms with Crippen molar-refractivity contribution in [3.8, 4) is 5.75 Å². The Balaban J connectivity index is 1.84. The summed E-state index contributed by atoms with van der Waals surface area (Å²) in [5, 5.41) is 3.09. The van der Waals surface area contributed by atoms with Gasteiger partial charge in [0.25, 0.3) is 5.91 Å². The first-order chi connectivity index (χ1) is 11.1. The van der Waals surface area contributed by atoms with Gasteiger partial charge in [-0.15, -0.1) is 5.11 Å². The van der Waals surface area contributed by atoms with E-state index in [-0.39, 0.29) is 5.92 Å². The lowest BCUT2D eigenvalue weighted by molar-refractivity contribution is -0.120. The van der Waals surface area contributed by atoms with Gasteiger partial charge in [0.05, 0.1) is 24.4 Å². The monoisotopic (exact) mass is 310 g/mol. The molecule has 0 radical (unpaired) electrons. The van der Waals surface area contributed by atoms with Crippen molar-refractivity contribution in [2.45, 2.75) is 25.7 Å². The van der Waals surface area contributed by atoms with Crippen molar-refractivity contribution in [1.82, 2.24) is 9.97 Å². The van der Waals surface area contributed by atoms with Gasteiger partial charge in [-0.2, -0.15) is 0 Å². The first kappa shape index (κ1) is 15.3. The molecule has 1 heterocycles. The van der Waals surface area contributed by atoms with Crippen LogP contribution in [0.2, 0.25) is 0 Å². The van der Waals surface area contributed by atoms with Crippen molar-refractivity contribution in [2.75, 3.05) is 6.61 Å². The molecule has 1 fully saturated rings. The van der Waals surface area contributed by atoms with Crippen LogP contribution < -0.4 is 4.74 Å². The van der Waals surface area contributed by atoms with Gasteiger partial charge in [-0.1, -0.05) is 30.3 Å². The largest absolute Gasteiger partial charge is 0.489 e. The average molecular weight is 310 g/mol. The summed E-state index contributed by atoms with van der Waals surface area (Å²) < 4.78 is 5.92. The molecule has 2 atom stereocenters. The van der Waals surface area contributed by atoms with E-state index in [0.29, 0.717) is 24.6 Å². The number of nitrogens with one attached hydrogen (secondary N) is 1. The second-order valence-electron chi connectivity index (χ2n) is 5.88. The molecule has 1 aromatic heterocycles. The van der Waals surface area contributed by atoms with E-state index in [4.69, 9.17) is 10.3 Å². The zero-order chi connectivity index (χ0) is 16.4. The van der Waals surface area contributed by atoms with E-state index in [2.05, 4.69) is 15.1 Å². The van der Waals surface area contributed by atoms with Crippen LogP contribution in [0.4, 0.5) is 0 Å². The molecular weight excluding hydrogens is 292 g/mol. The summed E-state index contributed by atoms with van der Waals surface area (Å²) in [5.74, 6) is 0.621. The van der Waals surface area contributed by atoms with Crippen molar-refractivity contribution in [2.24, 2.45) is 11.0 Å². The number of hydrogen-bond donors (Lipinski definition) is 1. The number of carbonyl (C=O) groups is 1. The fourth-order valence-corrected chi connectivity index (χ4v) is 2.96. The van der Waals surface area contributed by atoms with Crippen LogP contribution in [0.5, 0.6) is 5.75 Å². The van der Waals surface area contributed by atoms with Crippen LogP contribution in [0.25, 0.3) is 0 Å². The van der Waals surface area contributed by atoms with E-state index in [0.717, 1.165) is 11.3 Å². The van der Waals surface area contributed by atoms with Crippen molar-refractivity contribution in [1.29, 1.82) is 5.53 Å². The van der Waals surface area contributed by atoms with Crippen molar-refractivity contribution in [3.05, 3.63) is 53.6 Å². The third-order valence-corrected chi connectivity index (χ3v) is 4.37. The minimum atomic E-state index is -0.416. The van der Waals surface area contributed by atoms with E-state index in [9.17, 15) is 4.79 Å². The molecule has 1 saturated carbocycles. The molecule has 0 saturated heterocycles. The van der Waals surface area contributed by atoms with Crippen molar-refractivity contribution >= 4 is 5.91 Å². The van der Waals surface area contributed by atoms with Gasteiger partial charge in [0.15, 0.2) is 5.75 Å². The molecular formula is C17H18N4O2. The normalized spacial score (nSPS) is 22.4. The van der Waals surface area contributed by atoms with E-state index < -0.39 is 11.3 Å². The number of aryl methyl sites for hydroxylation is 2. The molecule has 1 amide bonds. The zero-order valence-corrected chi connectivity index (χ0v) is 13.1. The number of rotatable bonds is 5. The van der Waals surface area contributed by atoms with Crippen LogP contribution in [0.1, 0.15) is 23.5 Å². The fourth-order valence-electron chi connectivity index (χ4n) is 2.96. The molecule has 118 valence electrons. The molecule has 0 bridgehead atoms. The number of nitrogens with zero attached hydrogens (tertiary/aromatic N) is 3. The lowest BCUT2D eigenvalue weighted by Crippen LogP contribution is -2.23. The molecule has 6 nitrogen and oxygen atoms in total. The predicted molar refractivity (Wildman–Crippen MR) is 83.4 cm³/mol. The Morgan fingerprint density at radius 3 is 2.78 bits per heavy atom. The van der Waals surface area contributed by atoms with E-state index in [1.54, 1.807) is 6.20 Å². The van der Waals surface area contributed by atoms with Gasteiger partial charge in [0.2, 0.25) is 0 Å². The number of aromatic nitrogens is 2. The summed E-state index contributed by atoms with van der Waals surface area (Å²) in [7, 11) is 0. The van der Waals surface area contributed by atoms with Crippen LogP contribution in [0, 0.1) is 25.3 Å². The first-order valence-corrected chi connectivity index (χ1v) is 7.47. The lowest BCUT2D eigenvalue weighted by atomic mass is 9.94. The molecule has 3 rings (SSSR count). The van der Waals surface area contributed by atoms with Crippen LogP contribution in [-0.2, 0) is 10.2 Å². The maximum absolute atomic E-state index is 11.9. The summed E-state index contributed by atoms with van der Waals surface area (Å²) in [4.78, 5) is 20.3. The minimum absolute atomic E-state index is 0.297. The van der Waals surface area contributed by atoms with Crippen LogP contribution in [0.15, 0.2) is 41.6 Å². The second kappa shape index (κ2) is 5.87. The molecule has 1 N–H and O–H groups in total. The standard InChI is InChI=1S/C17H18N4O2/c1-11-15(9-19-12(2)20-11)23-10-17(8-14(17)16(22)21-18)13-6-4-3-5-7-13/h3-7,9,14,18H,8,10H2,1-2H3/t14-,17+/m0/s1. The third kappa shape index (κ3) is 2.84. The molecule has 2 aromatic rings. The summed E-state index contributed by atoms with van der Waals surface area (Å²) in [6.07, 6.45) is 2.30. The topological polar surface area (TPSA) is 88.3 Å². The molecule has 0 spiro atoms. The Hall–Kier alpha value is -2.63. The molecule has 0 aliphatic heterocycles. The van der Waals surface area contributed by atoms with Gasteiger partial charge in [0, 0.05) is 5.41 Å². The van der Waals surface area contributed by atoms with E-state index in [1.165, 1.54) is 0 Å². The Bertz CT molecular complexity index is 748. The maximum atomic E-state index is 11.9. The van der Waals surface area contributed by atoms with Gasteiger partial charge in [-0.05, 0) is 25.8 Å². The summed E-state index contributed by atoms with van der Waals surface area (Å²) in [5.41, 5.74) is 8.38. The van der Waals surface area contributed by atoms with Gasteiger partial charge in [-0.3, -0.25) is 4.79 Å². The van der Waals surface area contributed by atoms with Gasteiger partial charge >= 0.3 is 0 Å². The molecule has 1 aliphatic rings. The summed E-state index contributed by atoms with van der Waals surface area (Å²) in [6, 6.07) is 9.78. The highest BCUT2D eigenvalue weighted by Gasteiger charge is 2.60. The maximum Gasteiger partial charge on any atom is 0.268 e. The van der Waals surface area contributed by atoms with Crippen LogP contribution in [0.3, 0.4) is 0 Å². The number of amides is 1. The highest BCUT2D eigenvalue weighted by molar-refractivity contribution is 5.84.